The first kappa shape index (κ1) is 14.1. The van der Waals surface area contributed by atoms with Crippen LogP contribution in [-0.2, 0) is 0 Å². The number of rotatable bonds is 3. The Morgan fingerprint density at radius 3 is 1.82 bits per heavy atom. The summed E-state index contributed by atoms with van der Waals surface area (Å²) in [6, 6.07) is 18.5. The molecule has 0 unspecified atom stereocenters. The minimum Gasteiger partial charge on any atom is -0.298 e. The molecule has 22 heavy (non-hydrogen) atoms. The van der Waals surface area contributed by atoms with Gasteiger partial charge in [0.1, 0.15) is 6.29 Å². The van der Waals surface area contributed by atoms with Crippen LogP contribution in [0.4, 0.5) is 8.78 Å². The van der Waals surface area contributed by atoms with Crippen molar-refractivity contribution >= 4 is 6.29 Å². The highest BCUT2D eigenvalue weighted by molar-refractivity contribution is 5.77. The molecule has 0 aliphatic carbocycles. The summed E-state index contributed by atoms with van der Waals surface area (Å²) < 4.78 is 27.1. The van der Waals surface area contributed by atoms with E-state index < -0.39 is 11.6 Å². The van der Waals surface area contributed by atoms with Gasteiger partial charge in [-0.1, -0.05) is 60.7 Å². The van der Waals surface area contributed by atoms with Crippen LogP contribution >= 0.6 is 0 Å². The van der Waals surface area contributed by atoms with E-state index in [-0.39, 0.29) is 5.56 Å². The second-order valence-corrected chi connectivity index (χ2v) is 4.92. The van der Waals surface area contributed by atoms with E-state index in [0.717, 1.165) is 23.5 Å². The Hall–Kier alpha value is -2.81. The molecule has 3 aromatic rings. The Morgan fingerprint density at radius 1 is 0.682 bits per heavy atom. The topological polar surface area (TPSA) is 17.1 Å². The third kappa shape index (κ3) is 2.66. The third-order valence-corrected chi connectivity index (χ3v) is 3.53. The van der Waals surface area contributed by atoms with Crippen LogP contribution in [0.3, 0.4) is 0 Å². The highest BCUT2D eigenvalue weighted by Gasteiger charge is 2.09. The lowest BCUT2D eigenvalue weighted by atomic mass is 9.99. The van der Waals surface area contributed by atoms with Crippen LogP contribution < -0.4 is 0 Å². The van der Waals surface area contributed by atoms with Gasteiger partial charge in [0.2, 0.25) is 0 Å². The smallest absolute Gasteiger partial charge is 0.166 e. The molecule has 0 heterocycles. The number of aldehydes is 1. The van der Waals surface area contributed by atoms with Crippen molar-refractivity contribution in [2.45, 2.75) is 0 Å². The summed E-state index contributed by atoms with van der Waals surface area (Å²) in [7, 11) is 0. The Balaban J connectivity index is 1.95. The number of carbonyl (C=O) groups excluding carboxylic acids is 1. The molecule has 0 saturated heterocycles. The summed E-state index contributed by atoms with van der Waals surface area (Å²) in [6.07, 6.45) is 0.791. The lowest BCUT2D eigenvalue weighted by molar-refractivity contribution is 0.112. The van der Waals surface area contributed by atoms with E-state index in [1.54, 1.807) is 30.3 Å². The Labute approximate surface area is 126 Å². The summed E-state index contributed by atoms with van der Waals surface area (Å²) in [5.41, 5.74) is 3.37. The number of hydrogen-bond donors (Lipinski definition) is 0. The zero-order valence-electron chi connectivity index (χ0n) is 11.6. The van der Waals surface area contributed by atoms with E-state index in [9.17, 15) is 13.6 Å². The molecule has 0 saturated carbocycles. The first-order valence-electron chi connectivity index (χ1n) is 6.79. The van der Waals surface area contributed by atoms with Crippen molar-refractivity contribution < 1.29 is 13.6 Å². The van der Waals surface area contributed by atoms with Crippen molar-refractivity contribution in [3.63, 3.8) is 0 Å². The molecular formula is C19H12F2O. The normalized spacial score (nSPS) is 10.5. The number of benzene rings is 3. The van der Waals surface area contributed by atoms with Crippen molar-refractivity contribution in [3.8, 4) is 22.3 Å². The van der Waals surface area contributed by atoms with E-state index in [2.05, 4.69) is 0 Å². The monoisotopic (exact) mass is 294 g/mol. The van der Waals surface area contributed by atoms with Crippen LogP contribution in [0.1, 0.15) is 10.4 Å². The van der Waals surface area contributed by atoms with Gasteiger partial charge in [0.15, 0.2) is 11.6 Å². The highest BCUT2D eigenvalue weighted by atomic mass is 19.2. The second-order valence-electron chi connectivity index (χ2n) is 4.92. The molecule has 0 atom stereocenters. The first-order valence-corrected chi connectivity index (χ1v) is 6.79. The highest BCUT2D eigenvalue weighted by Crippen LogP contribution is 2.27. The van der Waals surface area contributed by atoms with Gasteiger partial charge in [-0.2, -0.15) is 0 Å². The Morgan fingerprint density at radius 2 is 1.23 bits per heavy atom. The maximum atomic E-state index is 13.8. The molecule has 0 aliphatic heterocycles. The average Bonchev–Trinajstić information content (AvgIpc) is 2.58. The van der Waals surface area contributed by atoms with Crippen molar-refractivity contribution in [1.29, 1.82) is 0 Å². The fourth-order valence-corrected chi connectivity index (χ4v) is 2.32. The number of halogens is 2. The van der Waals surface area contributed by atoms with Crippen molar-refractivity contribution in [2.75, 3.05) is 0 Å². The van der Waals surface area contributed by atoms with Crippen LogP contribution in [0.15, 0.2) is 66.7 Å². The van der Waals surface area contributed by atoms with Crippen molar-refractivity contribution in [1.82, 2.24) is 0 Å². The maximum absolute atomic E-state index is 13.8. The SMILES string of the molecule is O=Cc1ccc(-c2ccc(-c3cccc(F)c3F)cc2)cc1. The van der Waals surface area contributed by atoms with E-state index in [1.165, 1.54) is 6.07 Å². The summed E-state index contributed by atoms with van der Waals surface area (Å²) in [4.78, 5) is 10.6. The molecule has 1 nitrogen and oxygen atoms in total. The van der Waals surface area contributed by atoms with Crippen LogP contribution in [-0.4, -0.2) is 6.29 Å². The van der Waals surface area contributed by atoms with Gasteiger partial charge in [0, 0.05) is 11.1 Å². The molecule has 0 spiro atoms. The maximum Gasteiger partial charge on any atom is 0.166 e. The number of carbonyl (C=O) groups is 1. The van der Waals surface area contributed by atoms with E-state index in [0.29, 0.717) is 11.1 Å². The average molecular weight is 294 g/mol. The molecule has 0 amide bonds. The molecule has 0 bridgehead atoms. The lowest BCUT2D eigenvalue weighted by Gasteiger charge is -2.06. The Kier molecular flexibility index (Phi) is 3.79. The summed E-state index contributed by atoms with van der Waals surface area (Å²) in [6.45, 7) is 0. The molecule has 3 heteroatoms. The van der Waals surface area contributed by atoms with Crippen LogP contribution in [0.5, 0.6) is 0 Å². The number of hydrogen-bond acceptors (Lipinski definition) is 1. The van der Waals surface area contributed by atoms with Gasteiger partial charge in [-0.25, -0.2) is 8.78 Å². The van der Waals surface area contributed by atoms with E-state index >= 15 is 0 Å². The third-order valence-electron chi connectivity index (χ3n) is 3.53. The first-order chi connectivity index (χ1) is 10.7. The molecule has 3 rings (SSSR count). The summed E-state index contributed by atoms with van der Waals surface area (Å²) in [5.74, 6) is -1.70. The van der Waals surface area contributed by atoms with Crippen molar-refractivity contribution in [3.05, 3.63) is 83.9 Å². The molecule has 0 radical (unpaired) electrons. The molecule has 0 N–H and O–H groups in total. The molecular weight excluding hydrogens is 282 g/mol. The minimum atomic E-state index is -0.856. The zero-order valence-corrected chi connectivity index (χ0v) is 11.6. The van der Waals surface area contributed by atoms with Crippen LogP contribution in [0.2, 0.25) is 0 Å². The van der Waals surface area contributed by atoms with Gasteiger partial charge >= 0.3 is 0 Å². The fraction of sp³-hybridized carbons (Fsp3) is 0. The fourth-order valence-electron chi connectivity index (χ4n) is 2.32. The Bertz CT molecular complexity index is 806. The minimum absolute atomic E-state index is 0.239. The lowest BCUT2D eigenvalue weighted by Crippen LogP contribution is -1.89. The molecule has 0 aromatic heterocycles. The standard InChI is InChI=1S/C19H12F2O/c20-18-3-1-2-17(19(18)21)16-10-8-15(9-11-16)14-6-4-13(12-22)5-7-14/h1-12H. The predicted octanol–water partition coefficient (Wildman–Crippen LogP) is 5.11. The largest absolute Gasteiger partial charge is 0.298 e. The van der Waals surface area contributed by atoms with E-state index in [4.69, 9.17) is 0 Å². The van der Waals surface area contributed by atoms with Gasteiger partial charge in [-0.05, 0) is 22.8 Å². The van der Waals surface area contributed by atoms with Crippen molar-refractivity contribution in [2.24, 2.45) is 0 Å². The molecule has 108 valence electrons. The van der Waals surface area contributed by atoms with Crippen LogP contribution in [0, 0.1) is 11.6 Å². The van der Waals surface area contributed by atoms with Gasteiger partial charge in [-0.3, -0.25) is 4.79 Å². The van der Waals surface area contributed by atoms with Gasteiger partial charge in [0.05, 0.1) is 0 Å². The molecule has 0 fully saturated rings. The van der Waals surface area contributed by atoms with Gasteiger partial charge in [0.25, 0.3) is 0 Å². The van der Waals surface area contributed by atoms with Gasteiger partial charge < -0.3 is 0 Å². The van der Waals surface area contributed by atoms with Crippen LogP contribution in [0.25, 0.3) is 22.3 Å². The van der Waals surface area contributed by atoms with E-state index in [1.807, 2.05) is 24.3 Å². The summed E-state index contributed by atoms with van der Waals surface area (Å²) in [5, 5.41) is 0. The predicted molar refractivity (Wildman–Crippen MR) is 82.6 cm³/mol. The second kappa shape index (κ2) is 5.90. The quantitative estimate of drug-likeness (QED) is 0.613. The molecule has 3 aromatic carbocycles. The summed E-state index contributed by atoms with van der Waals surface area (Å²) >= 11 is 0. The zero-order chi connectivity index (χ0) is 15.5. The molecule has 0 aliphatic rings. The van der Waals surface area contributed by atoms with Gasteiger partial charge in [-0.15, -0.1) is 0 Å².